The zero-order chi connectivity index (χ0) is 9.72. The van der Waals surface area contributed by atoms with Crippen molar-refractivity contribution in [3.8, 4) is 0 Å². The van der Waals surface area contributed by atoms with E-state index in [1.165, 1.54) is 0 Å². The van der Waals surface area contributed by atoms with Crippen LogP contribution in [0.1, 0.15) is 13.3 Å². The fraction of sp³-hybridized carbons (Fsp3) is 0.500. The van der Waals surface area contributed by atoms with E-state index in [0.717, 1.165) is 6.92 Å². The molecule has 0 bridgehead atoms. The molecule has 0 aliphatic heterocycles. The third-order valence-electron chi connectivity index (χ3n) is 0.934. The van der Waals surface area contributed by atoms with Gasteiger partial charge in [-0.2, -0.15) is 0 Å². The van der Waals surface area contributed by atoms with Crippen LogP contribution in [0.5, 0.6) is 0 Å². The largest absolute Gasteiger partial charge is 1.00 e. The molecule has 0 fully saturated rings. The Bertz CT molecular complexity index is 217. The quantitative estimate of drug-likeness (QED) is 0.284. The van der Waals surface area contributed by atoms with Crippen molar-refractivity contribution in [1.82, 2.24) is 0 Å². The molecule has 1 unspecified atom stereocenters. The number of carbonyl (C=O) groups excluding carboxylic acids is 3. The molecule has 7 heteroatoms. The minimum Gasteiger partial charge on any atom is -0.550 e. The first kappa shape index (κ1) is 15.7. The number of rotatable bonds is 3. The average Bonchev–Trinajstić information content (AvgIpc) is 1.84. The molecule has 0 radical (unpaired) electrons. The molecule has 2 N–H and O–H groups in total. The number of carboxylic acids is 1. The van der Waals surface area contributed by atoms with Crippen LogP contribution >= 0.6 is 0 Å². The van der Waals surface area contributed by atoms with Crippen molar-refractivity contribution < 1.29 is 75.6 Å². The standard InChI is InChI=1S/C6H9NO5.K/c1-3(8)12-6(11)4(7)2-5(9)10;/h4H,2,7H2,1H3,(H,9,10);/q;+1/p-1. The summed E-state index contributed by atoms with van der Waals surface area (Å²) in [6.45, 7) is 1.02. The molecule has 0 saturated heterocycles. The first-order chi connectivity index (χ1) is 5.43. The molecule has 0 aromatic carbocycles. The summed E-state index contributed by atoms with van der Waals surface area (Å²) >= 11 is 0. The first-order valence-electron chi connectivity index (χ1n) is 3.11. The Balaban J connectivity index is 0. The third-order valence-corrected chi connectivity index (χ3v) is 0.934. The molecule has 0 spiro atoms. The zero-order valence-corrected chi connectivity index (χ0v) is 10.5. The van der Waals surface area contributed by atoms with Gasteiger partial charge in [-0.25, -0.2) is 4.79 Å². The van der Waals surface area contributed by atoms with Crippen LogP contribution in [-0.2, 0) is 19.1 Å². The Morgan fingerprint density at radius 1 is 1.46 bits per heavy atom. The van der Waals surface area contributed by atoms with E-state index in [1.54, 1.807) is 0 Å². The van der Waals surface area contributed by atoms with Gasteiger partial charge < -0.3 is 20.4 Å². The smallest absolute Gasteiger partial charge is 0.550 e. The number of carboxylic acid groups (broad SMARTS) is 1. The Labute approximate surface area is 117 Å². The monoisotopic (exact) mass is 213 g/mol. The molecular formula is C6H8KNO5. The van der Waals surface area contributed by atoms with Crippen molar-refractivity contribution in [2.75, 3.05) is 0 Å². The van der Waals surface area contributed by atoms with Crippen LogP contribution in [0, 0.1) is 0 Å². The number of hydrogen-bond donors (Lipinski definition) is 1. The maximum absolute atomic E-state index is 10.6. The van der Waals surface area contributed by atoms with Crippen molar-refractivity contribution in [3.63, 3.8) is 0 Å². The number of hydrogen-bond acceptors (Lipinski definition) is 6. The minimum atomic E-state index is -1.47. The molecule has 13 heavy (non-hydrogen) atoms. The maximum Gasteiger partial charge on any atom is 1.00 e. The van der Waals surface area contributed by atoms with Gasteiger partial charge in [-0.15, -0.1) is 0 Å². The summed E-state index contributed by atoms with van der Waals surface area (Å²) in [4.78, 5) is 30.7. The SMILES string of the molecule is CC(=O)OC(=O)C(N)CC(=O)[O-].[K+]. The molecule has 0 aliphatic carbocycles. The van der Waals surface area contributed by atoms with Crippen molar-refractivity contribution in [2.45, 2.75) is 19.4 Å². The van der Waals surface area contributed by atoms with Crippen LogP contribution in [0.3, 0.4) is 0 Å². The van der Waals surface area contributed by atoms with Gasteiger partial charge in [-0.3, -0.25) is 4.79 Å². The minimum absolute atomic E-state index is 0. The van der Waals surface area contributed by atoms with Crippen molar-refractivity contribution in [1.29, 1.82) is 0 Å². The van der Waals surface area contributed by atoms with E-state index < -0.39 is 30.4 Å². The van der Waals surface area contributed by atoms with Crippen LogP contribution < -0.4 is 62.2 Å². The van der Waals surface area contributed by atoms with Crippen molar-refractivity contribution >= 4 is 17.9 Å². The van der Waals surface area contributed by atoms with Crippen LogP contribution in [0.25, 0.3) is 0 Å². The second-order valence-corrected chi connectivity index (χ2v) is 2.10. The molecule has 0 aromatic heterocycles. The second kappa shape index (κ2) is 7.60. The van der Waals surface area contributed by atoms with E-state index in [0.29, 0.717) is 0 Å². The Morgan fingerprint density at radius 3 is 2.23 bits per heavy atom. The predicted molar refractivity (Wildman–Crippen MR) is 34.4 cm³/mol. The number of aliphatic carboxylic acids is 1. The van der Waals surface area contributed by atoms with Crippen LogP contribution in [0.4, 0.5) is 0 Å². The number of esters is 2. The zero-order valence-electron chi connectivity index (χ0n) is 7.40. The first-order valence-corrected chi connectivity index (χ1v) is 3.11. The van der Waals surface area contributed by atoms with Gasteiger partial charge in [0.2, 0.25) is 0 Å². The normalized spacial score (nSPS) is 10.9. The van der Waals surface area contributed by atoms with E-state index in [2.05, 4.69) is 4.74 Å². The molecule has 0 aliphatic rings. The molecule has 68 valence electrons. The summed E-state index contributed by atoms with van der Waals surface area (Å²) in [7, 11) is 0. The van der Waals surface area contributed by atoms with Crippen LogP contribution in [0.15, 0.2) is 0 Å². The number of carbonyl (C=O) groups is 3. The molecule has 6 nitrogen and oxygen atoms in total. The molecule has 0 heterocycles. The Kier molecular flexibility index (Phi) is 9.15. The number of ether oxygens (including phenoxy) is 1. The van der Waals surface area contributed by atoms with Crippen LogP contribution in [0.2, 0.25) is 0 Å². The van der Waals surface area contributed by atoms with Gasteiger partial charge in [0, 0.05) is 19.3 Å². The van der Waals surface area contributed by atoms with E-state index in [4.69, 9.17) is 5.73 Å². The number of nitrogens with two attached hydrogens (primary N) is 1. The topological polar surface area (TPSA) is 110 Å². The van der Waals surface area contributed by atoms with Crippen molar-refractivity contribution in [2.24, 2.45) is 5.73 Å². The van der Waals surface area contributed by atoms with Gasteiger partial charge in [-0.05, 0) is 0 Å². The van der Waals surface area contributed by atoms with Gasteiger partial charge >= 0.3 is 63.3 Å². The fourth-order valence-corrected chi connectivity index (χ4v) is 0.480. The molecule has 0 saturated carbocycles. The van der Waals surface area contributed by atoms with E-state index in [9.17, 15) is 19.5 Å². The summed E-state index contributed by atoms with van der Waals surface area (Å²) < 4.78 is 4.02. The molecule has 0 amide bonds. The molecule has 0 rings (SSSR count). The average molecular weight is 213 g/mol. The summed E-state index contributed by atoms with van der Waals surface area (Å²) in [5, 5.41) is 9.92. The second-order valence-electron chi connectivity index (χ2n) is 2.10. The van der Waals surface area contributed by atoms with Gasteiger partial charge in [0.05, 0.1) is 0 Å². The van der Waals surface area contributed by atoms with Gasteiger partial charge in [0.15, 0.2) is 0 Å². The van der Waals surface area contributed by atoms with Gasteiger partial charge in [0.25, 0.3) is 0 Å². The van der Waals surface area contributed by atoms with E-state index in [-0.39, 0.29) is 51.4 Å². The summed E-state index contributed by atoms with van der Waals surface area (Å²) in [6, 6.07) is -1.35. The maximum atomic E-state index is 10.6. The summed E-state index contributed by atoms with van der Waals surface area (Å²) in [6.07, 6.45) is -0.661. The summed E-state index contributed by atoms with van der Waals surface area (Å²) in [5.41, 5.74) is 5.02. The Hall–Kier alpha value is 0.206. The van der Waals surface area contributed by atoms with Crippen molar-refractivity contribution in [3.05, 3.63) is 0 Å². The predicted octanol–water partition coefficient (Wildman–Crippen LogP) is -5.45. The van der Waals surface area contributed by atoms with Gasteiger partial charge in [0.1, 0.15) is 6.04 Å². The van der Waals surface area contributed by atoms with E-state index >= 15 is 0 Å². The third kappa shape index (κ3) is 8.53. The molecule has 1 atom stereocenters. The van der Waals surface area contributed by atoms with Crippen LogP contribution in [-0.4, -0.2) is 23.9 Å². The van der Waals surface area contributed by atoms with E-state index in [1.807, 2.05) is 0 Å². The fourth-order valence-electron chi connectivity index (χ4n) is 0.480. The molecule has 0 aromatic rings. The Morgan fingerprint density at radius 2 is 1.92 bits per heavy atom. The summed E-state index contributed by atoms with van der Waals surface area (Å²) in [5.74, 6) is -3.36. The molecular weight excluding hydrogens is 205 g/mol. The van der Waals surface area contributed by atoms with Gasteiger partial charge in [-0.1, -0.05) is 0 Å².